The van der Waals surface area contributed by atoms with Crippen molar-refractivity contribution in [3.8, 4) is 0 Å². The summed E-state index contributed by atoms with van der Waals surface area (Å²) < 4.78 is 0. The lowest BCUT2D eigenvalue weighted by molar-refractivity contribution is -0.130. The van der Waals surface area contributed by atoms with Crippen molar-refractivity contribution in [2.75, 3.05) is 11.4 Å². The van der Waals surface area contributed by atoms with E-state index in [1.54, 1.807) is 0 Å². The molecule has 4 nitrogen and oxygen atoms in total. The van der Waals surface area contributed by atoms with Gasteiger partial charge in [-0.05, 0) is 43.7 Å². The van der Waals surface area contributed by atoms with Crippen molar-refractivity contribution in [2.24, 2.45) is 5.92 Å². The molecule has 0 aromatic heterocycles. The second-order valence-electron chi connectivity index (χ2n) is 6.21. The SMILES string of the molecule is CCc1ccccc1N1CCC(=O)NC(C)(C2CC2)C1=O. The minimum Gasteiger partial charge on any atom is -0.342 e. The van der Waals surface area contributed by atoms with Gasteiger partial charge in [-0.15, -0.1) is 0 Å². The van der Waals surface area contributed by atoms with Gasteiger partial charge in [0, 0.05) is 18.7 Å². The van der Waals surface area contributed by atoms with Gasteiger partial charge in [0.2, 0.25) is 5.91 Å². The van der Waals surface area contributed by atoms with Crippen LogP contribution in [0.3, 0.4) is 0 Å². The standard InChI is InChI=1S/C17H22N2O2/c1-3-12-6-4-5-7-14(12)19-11-10-15(20)18-17(2,16(19)21)13-8-9-13/h4-7,13H,3,8-11H2,1-2H3,(H,18,20). The molecule has 112 valence electrons. The van der Waals surface area contributed by atoms with Crippen LogP contribution in [0.25, 0.3) is 0 Å². The van der Waals surface area contributed by atoms with Gasteiger partial charge < -0.3 is 10.2 Å². The van der Waals surface area contributed by atoms with Crippen molar-refractivity contribution in [3.63, 3.8) is 0 Å². The Kier molecular flexibility index (Phi) is 3.47. The molecule has 1 aromatic rings. The Balaban J connectivity index is 2.01. The second kappa shape index (κ2) is 5.17. The Bertz CT molecular complexity index is 580. The number of nitrogens with one attached hydrogen (secondary N) is 1. The normalized spacial score (nSPS) is 26.5. The molecule has 4 heteroatoms. The van der Waals surface area contributed by atoms with Crippen LogP contribution < -0.4 is 10.2 Å². The van der Waals surface area contributed by atoms with E-state index in [1.165, 1.54) is 0 Å². The number of anilines is 1. The molecule has 0 spiro atoms. The van der Waals surface area contributed by atoms with E-state index in [1.807, 2.05) is 30.0 Å². The van der Waals surface area contributed by atoms with Crippen molar-refractivity contribution in [2.45, 2.75) is 45.1 Å². The lowest BCUT2D eigenvalue weighted by atomic mass is 9.93. The summed E-state index contributed by atoms with van der Waals surface area (Å²) in [7, 11) is 0. The predicted molar refractivity (Wildman–Crippen MR) is 82.1 cm³/mol. The van der Waals surface area contributed by atoms with E-state index >= 15 is 0 Å². The number of benzene rings is 1. The van der Waals surface area contributed by atoms with E-state index in [9.17, 15) is 9.59 Å². The number of rotatable bonds is 3. The average Bonchev–Trinajstić information content (AvgIpc) is 3.32. The molecule has 1 saturated carbocycles. The summed E-state index contributed by atoms with van der Waals surface area (Å²) in [6, 6.07) is 7.99. The van der Waals surface area contributed by atoms with Gasteiger partial charge in [-0.1, -0.05) is 25.1 Å². The van der Waals surface area contributed by atoms with Crippen LogP contribution in [0.1, 0.15) is 38.7 Å². The number of carbonyl (C=O) groups excluding carboxylic acids is 2. The molecular weight excluding hydrogens is 264 g/mol. The number of carbonyl (C=O) groups is 2. The monoisotopic (exact) mass is 286 g/mol. The number of hydrogen-bond donors (Lipinski definition) is 1. The maximum atomic E-state index is 13.1. The molecule has 3 rings (SSSR count). The van der Waals surface area contributed by atoms with Crippen LogP contribution >= 0.6 is 0 Å². The molecule has 1 aliphatic carbocycles. The molecule has 2 amide bonds. The zero-order valence-corrected chi connectivity index (χ0v) is 12.7. The maximum absolute atomic E-state index is 13.1. The van der Waals surface area contributed by atoms with Gasteiger partial charge >= 0.3 is 0 Å². The van der Waals surface area contributed by atoms with Crippen LogP contribution in [-0.4, -0.2) is 23.9 Å². The van der Waals surface area contributed by atoms with E-state index in [2.05, 4.69) is 18.3 Å². The summed E-state index contributed by atoms with van der Waals surface area (Å²) in [5, 5.41) is 2.97. The zero-order chi connectivity index (χ0) is 15.0. The van der Waals surface area contributed by atoms with Crippen LogP contribution in [0.4, 0.5) is 5.69 Å². The lowest BCUT2D eigenvalue weighted by Crippen LogP contribution is -2.57. The number of nitrogens with zero attached hydrogens (tertiary/aromatic N) is 1. The molecule has 1 aromatic carbocycles. The van der Waals surface area contributed by atoms with Gasteiger partial charge in [-0.3, -0.25) is 9.59 Å². The van der Waals surface area contributed by atoms with Crippen LogP contribution in [-0.2, 0) is 16.0 Å². The highest BCUT2D eigenvalue weighted by Crippen LogP contribution is 2.42. The van der Waals surface area contributed by atoms with E-state index in [0.717, 1.165) is 30.5 Å². The quantitative estimate of drug-likeness (QED) is 0.926. The average molecular weight is 286 g/mol. The molecule has 2 aliphatic rings. The Hall–Kier alpha value is -1.84. The Morgan fingerprint density at radius 3 is 2.67 bits per heavy atom. The van der Waals surface area contributed by atoms with Gasteiger partial charge in [-0.2, -0.15) is 0 Å². The van der Waals surface area contributed by atoms with Crippen molar-refractivity contribution >= 4 is 17.5 Å². The highest BCUT2D eigenvalue weighted by Gasteiger charge is 2.51. The van der Waals surface area contributed by atoms with Crippen LogP contribution in [0.5, 0.6) is 0 Å². The van der Waals surface area contributed by atoms with Gasteiger partial charge in [0.1, 0.15) is 5.54 Å². The fourth-order valence-corrected chi connectivity index (χ4v) is 3.24. The highest BCUT2D eigenvalue weighted by molar-refractivity contribution is 6.04. The Morgan fingerprint density at radius 1 is 1.29 bits per heavy atom. The molecule has 0 bridgehead atoms. The van der Waals surface area contributed by atoms with Gasteiger partial charge in [0.05, 0.1) is 0 Å². The minimum absolute atomic E-state index is 0.0192. The molecular formula is C17H22N2O2. The minimum atomic E-state index is -0.742. The number of amides is 2. The van der Waals surface area contributed by atoms with E-state index in [0.29, 0.717) is 13.0 Å². The molecule has 0 radical (unpaired) electrons. The molecule has 1 unspecified atom stereocenters. The van der Waals surface area contributed by atoms with Gasteiger partial charge in [-0.25, -0.2) is 0 Å². The fraction of sp³-hybridized carbons (Fsp3) is 0.529. The second-order valence-corrected chi connectivity index (χ2v) is 6.21. The molecule has 1 aliphatic heterocycles. The smallest absolute Gasteiger partial charge is 0.252 e. The lowest BCUT2D eigenvalue weighted by Gasteiger charge is -2.33. The Morgan fingerprint density at radius 2 is 2.00 bits per heavy atom. The summed E-state index contributed by atoms with van der Waals surface area (Å²) in [5.74, 6) is 0.300. The summed E-state index contributed by atoms with van der Waals surface area (Å²) in [4.78, 5) is 26.9. The fourth-order valence-electron chi connectivity index (χ4n) is 3.24. The number of hydrogen-bond acceptors (Lipinski definition) is 2. The molecule has 1 saturated heterocycles. The van der Waals surface area contributed by atoms with E-state index in [-0.39, 0.29) is 17.7 Å². The topological polar surface area (TPSA) is 49.4 Å². The molecule has 21 heavy (non-hydrogen) atoms. The first kappa shape index (κ1) is 14.1. The first-order valence-corrected chi connectivity index (χ1v) is 7.77. The van der Waals surface area contributed by atoms with Crippen molar-refractivity contribution < 1.29 is 9.59 Å². The third-order valence-electron chi connectivity index (χ3n) is 4.71. The third-order valence-corrected chi connectivity index (χ3v) is 4.71. The molecule has 2 fully saturated rings. The largest absolute Gasteiger partial charge is 0.342 e. The zero-order valence-electron chi connectivity index (χ0n) is 12.7. The van der Waals surface area contributed by atoms with E-state index in [4.69, 9.17) is 0 Å². The molecule has 1 heterocycles. The van der Waals surface area contributed by atoms with Crippen LogP contribution in [0, 0.1) is 5.92 Å². The summed E-state index contributed by atoms with van der Waals surface area (Å²) >= 11 is 0. The number of aryl methyl sites for hydroxylation is 1. The summed E-state index contributed by atoms with van der Waals surface area (Å²) in [6.45, 7) is 4.44. The first-order valence-electron chi connectivity index (χ1n) is 7.77. The van der Waals surface area contributed by atoms with Crippen LogP contribution in [0.2, 0.25) is 0 Å². The van der Waals surface area contributed by atoms with Crippen LogP contribution in [0.15, 0.2) is 24.3 Å². The maximum Gasteiger partial charge on any atom is 0.252 e. The highest BCUT2D eigenvalue weighted by atomic mass is 16.2. The number of para-hydroxylation sites is 1. The molecule has 1 N–H and O–H groups in total. The Labute approximate surface area is 125 Å². The molecule has 1 atom stereocenters. The van der Waals surface area contributed by atoms with Crippen molar-refractivity contribution in [1.82, 2.24) is 5.32 Å². The first-order chi connectivity index (χ1) is 10.1. The predicted octanol–water partition coefficient (Wildman–Crippen LogP) is 2.27. The van der Waals surface area contributed by atoms with E-state index < -0.39 is 5.54 Å². The van der Waals surface area contributed by atoms with Gasteiger partial charge in [0.15, 0.2) is 0 Å². The van der Waals surface area contributed by atoms with Gasteiger partial charge in [0.25, 0.3) is 5.91 Å². The van der Waals surface area contributed by atoms with Crippen molar-refractivity contribution in [1.29, 1.82) is 0 Å². The third kappa shape index (κ3) is 2.43. The summed E-state index contributed by atoms with van der Waals surface area (Å²) in [5.41, 5.74) is 1.36. The van der Waals surface area contributed by atoms with Crippen molar-refractivity contribution in [3.05, 3.63) is 29.8 Å². The summed E-state index contributed by atoms with van der Waals surface area (Å²) in [6.07, 6.45) is 3.28.